The molecule has 2 aromatic carbocycles. The molecule has 2 aromatic rings. The lowest BCUT2D eigenvalue weighted by Gasteiger charge is -2.08. The van der Waals surface area contributed by atoms with Gasteiger partial charge in [0, 0.05) is 0 Å². The number of halogens is 3. The van der Waals surface area contributed by atoms with E-state index in [0.29, 0.717) is 12.7 Å². The minimum atomic E-state index is -1.72. The summed E-state index contributed by atoms with van der Waals surface area (Å²) < 4.78 is 49.7. The van der Waals surface area contributed by atoms with Crippen LogP contribution in [0.25, 0.3) is 0 Å². The summed E-state index contributed by atoms with van der Waals surface area (Å²) >= 11 is 0. The highest BCUT2D eigenvalue weighted by atomic mass is 19.2. The lowest BCUT2D eigenvalue weighted by molar-refractivity contribution is 0.0497. The molecule has 0 aromatic heterocycles. The van der Waals surface area contributed by atoms with E-state index < -0.39 is 35.1 Å². The molecule has 0 fully saturated rings. The monoisotopic (exact) mass is 422 g/mol. The zero-order valence-electron chi connectivity index (χ0n) is 16.9. The standard InChI is InChI=1S/C23H25F3O4/c1-2-3-4-5-6-7-8-15-29-22(27)16-9-11-17(12-10-16)23(28)30-19-14-13-18(24)20(25)21(19)26/h9-14H,2-8,15H2,1H3. The summed E-state index contributed by atoms with van der Waals surface area (Å²) in [5, 5.41) is 0. The van der Waals surface area contributed by atoms with E-state index in [9.17, 15) is 22.8 Å². The first-order valence-corrected chi connectivity index (χ1v) is 10.1. The van der Waals surface area contributed by atoms with Crippen LogP contribution in [0.2, 0.25) is 0 Å². The molecule has 30 heavy (non-hydrogen) atoms. The number of hydrogen-bond donors (Lipinski definition) is 0. The zero-order valence-corrected chi connectivity index (χ0v) is 16.9. The van der Waals surface area contributed by atoms with E-state index in [0.717, 1.165) is 25.3 Å². The van der Waals surface area contributed by atoms with Gasteiger partial charge in [-0.25, -0.2) is 18.4 Å². The van der Waals surface area contributed by atoms with Gasteiger partial charge in [-0.1, -0.05) is 45.4 Å². The highest BCUT2D eigenvalue weighted by molar-refractivity contribution is 5.94. The molecule has 0 aliphatic rings. The fourth-order valence-electron chi connectivity index (χ4n) is 2.80. The Kier molecular flexibility index (Phi) is 9.38. The van der Waals surface area contributed by atoms with Gasteiger partial charge in [-0.2, -0.15) is 4.39 Å². The molecule has 0 aliphatic heterocycles. The van der Waals surface area contributed by atoms with Crippen molar-refractivity contribution >= 4 is 11.9 Å². The SMILES string of the molecule is CCCCCCCCCOC(=O)c1ccc(C(=O)Oc2ccc(F)c(F)c2F)cc1. The summed E-state index contributed by atoms with van der Waals surface area (Å²) in [6.07, 6.45) is 7.78. The average molecular weight is 422 g/mol. The maximum atomic E-state index is 13.6. The maximum Gasteiger partial charge on any atom is 0.343 e. The Hall–Kier alpha value is -2.83. The smallest absolute Gasteiger partial charge is 0.343 e. The van der Waals surface area contributed by atoms with Gasteiger partial charge in [-0.3, -0.25) is 0 Å². The van der Waals surface area contributed by atoms with Crippen LogP contribution in [-0.4, -0.2) is 18.5 Å². The summed E-state index contributed by atoms with van der Waals surface area (Å²) in [5.41, 5.74) is 0.274. The first kappa shape index (κ1) is 23.4. The van der Waals surface area contributed by atoms with Gasteiger partial charge in [0.25, 0.3) is 0 Å². The van der Waals surface area contributed by atoms with Crippen molar-refractivity contribution in [1.82, 2.24) is 0 Å². The molecule has 0 bridgehead atoms. The molecule has 7 heteroatoms. The first-order valence-electron chi connectivity index (χ1n) is 10.1. The minimum Gasteiger partial charge on any atom is -0.462 e. The van der Waals surface area contributed by atoms with Crippen molar-refractivity contribution in [1.29, 1.82) is 0 Å². The first-order chi connectivity index (χ1) is 14.4. The van der Waals surface area contributed by atoms with Gasteiger partial charge in [-0.15, -0.1) is 0 Å². The Morgan fingerprint density at radius 1 is 0.733 bits per heavy atom. The minimum absolute atomic E-state index is 0.0164. The Bertz CT molecular complexity index is 850. The lowest BCUT2D eigenvalue weighted by Crippen LogP contribution is -2.11. The maximum absolute atomic E-state index is 13.6. The molecule has 0 saturated heterocycles. The van der Waals surface area contributed by atoms with E-state index in [1.807, 2.05) is 0 Å². The average Bonchev–Trinajstić information content (AvgIpc) is 2.76. The normalized spacial score (nSPS) is 10.7. The molecule has 0 spiro atoms. The number of benzene rings is 2. The van der Waals surface area contributed by atoms with Crippen LogP contribution in [0.1, 0.15) is 72.6 Å². The Balaban J connectivity index is 1.80. The summed E-state index contributed by atoms with van der Waals surface area (Å²) in [4.78, 5) is 24.1. The second kappa shape index (κ2) is 12.0. The topological polar surface area (TPSA) is 52.6 Å². The van der Waals surface area contributed by atoms with E-state index in [1.54, 1.807) is 0 Å². The van der Waals surface area contributed by atoms with E-state index >= 15 is 0 Å². The van der Waals surface area contributed by atoms with Crippen LogP contribution in [0.4, 0.5) is 13.2 Å². The molecule has 0 N–H and O–H groups in total. The fourth-order valence-corrected chi connectivity index (χ4v) is 2.80. The van der Waals surface area contributed by atoms with Crippen molar-refractivity contribution in [3.05, 3.63) is 65.0 Å². The van der Waals surface area contributed by atoms with Crippen LogP contribution in [0.15, 0.2) is 36.4 Å². The predicted molar refractivity (Wildman–Crippen MR) is 106 cm³/mol. The summed E-state index contributed by atoms with van der Waals surface area (Å²) in [6.45, 7) is 2.49. The Morgan fingerprint density at radius 3 is 1.93 bits per heavy atom. The van der Waals surface area contributed by atoms with E-state index in [1.165, 1.54) is 49.9 Å². The van der Waals surface area contributed by atoms with Gasteiger partial charge < -0.3 is 9.47 Å². The highest BCUT2D eigenvalue weighted by Gasteiger charge is 2.18. The molecule has 0 unspecified atom stereocenters. The number of ether oxygens (including phenoxy) is 2. The number of esters is 2. The van der Waals surface area contributed by atoms with E-state index in [4.69, 9.17) is 9.47 Å². The van der Waals surface area contributed by atoms with Gasteiger partial charge in [0.15, 0.2) is 17.4 Å². The number of carbonyl (C=O) groups is 2. The second-order valence-electron chi connectivity index (χ2n) is 6.90. The van der Waals surface area contributed by atoms with Crippen LogP contribution in [-0.2, 0) is 4.74 Å². The Labute approximate surface area is 174 Å². The molecular weight excluding hydrogens is 397 g/mol. The molecule has 0 amide bonds. The van der Waals surface area contributed by atoms with Crippen molar-refractivity contribution < 1.29 is 32.2 Å². The van der Waals surface area contributed by atoms with Crippen LogP contribution in [0.3, 0.4) is 0 Å². The van der Waals surface area contributed by atoms with Crippen molar-refractivity contribution in [2.24, 2.45) is 0 Å². The summed E-state index contributed by atoms with van der Waals surface area (Å²) in [7, 11) is 0. The van der Waals surface area contributed by atoms with Crippen LogP contribution in [0, 0.1) is 17.5 Å². The number of unbranched alkanes of at least 4 members (excludes halogenated alkanes) is 6. The van der Waals surface area contributed by atoms with Gasteiger partial charge in [0.1, 0.15) is 0 Å². The van der Waals surface area contributed by atoms with Gasteiger partial charge in [0.2, 0.25) is 5.82 Å². The molecule has 0 radical (unpaired) electrons. The third-order valence-electron chi connectivity index (χ3n) is 4.54. The third kappa shape index (κ3) is 6.90. The lowest BCUT2D eigenvalue weighted by atomic mass is 10.1. The zero-order chi connectivity index (χ0) is 21.9. The molecule has 2 rings (SSSR count). The molecule has 4 nitrogen and oxygen atoms in total. The van der Waals surface area contributed by atoms with Crippen molar-refractivity contribution in [3.8, 4) is 5.75 Å². The Morgan fingerprint density at radius 2 is 1.30 bits per heavy atom. The number of carbonyl (C=O) groups excluding carboxylic acids is 2. The summed E-state index contributed by atoms with van der Waals surface area (Å²) in [6, 6.07) is 6.86. The molecule has 0 atom stereocenters. The highest BCUT2D eigenvalue weighted by Crippen LogP contribution is 2.23. The van der Waals surface area contributed by atoms with Crippen LogP contribution in [0.5, 0.6) is 5.75 Å². The molecule has 162 valence electrons. The van der Waals surface area contributed by atoms with Gasteiger partial charge in [0.05, 0.1) is 17.7 Å². The summed E-state index contributed by atoms with van der Waals surface area (Å²) in [5.74, 6) is -6.90. The molecule has 0 aliphatic carbocycles. The van der Waals surface area contributed by atoms with E-state index in [-0.39, 0.29) is 11.1 Å². The van der Waals surface area contributed by atoms with Gasteiger partial charge in [-0.05, 0) is 42.8 Å². The molecule has 0 saturated carbocycles. The van der Waals surface area contributed by atoms with Crippen molar-refractivity contribution in [2.45, 2.75) is 51.9 Å². The second-order valence-corrected chi connectivity index (χ2v) is 6.90. The number of hydrogen-bond acceptors (Lipinski definition) is 4. The predicted octanol–water partition coefficient (Wildman–Crippen LogP) is 6.23. The molecular formula is C23H25F3O4. The number of rotatable bonds is 11. The van der Waals surface area contributed by atoms with Crippen LogP contribution >= 0.6 is 0 Å². The van der Waals surface area contributed by atoms with Crippen molar-refractivity contribution in [2.75, 3.05) is 6.61 Å². The third-order valence-corrected chi connectivity index (χ3v) is 4.54. The quantitative estimate of drug-likeness (QED) is 0.186. The van der Waals surface area contributed by atoms with Gasteiger partial charge >= 0.3 is 11.9 Å². The fraction of sp³-hybridized carbons (Fsp3) is 0.391. The molecule has 0 heterocycles. The van der Waals surface area contributed by atoms with Crippen molar-refractivity contribution in [3.63, 3.8) is 0 Å². The van der Waals surface area contributed by atoms with Crippen LogP contribution < -0.4 is 4.74 Å². The largest absolute Gasteiger partial charge is 0.462 e. The van der Waals surface area contributed by atoms with E-state index in [2.05, 4.69) is 6.92 Å².